The molecule has 0 radical (unpaired) electrons. The third-order valence-corrected chi connectivity index (χ3v) is 9.97. The number of rotatable bonds is 38. The molecule has 0 aromatic rings. The Labute approximate surface area is 315 Å². The van der Waals surface area contributed by atoms with Gasteiger partial charge in [-0.25, -0.2) is 18.9 Å². The molecular formula is C39H75O12P. The minimum absolute atomic E-state index is 0.0325. The first-order chi connectivity index (χ1) is 25.1. The average molecular weight is 767 g/mol. The van der Waals surface area contributed by atoms with E-state index < -0.39 is 43.9 Å². The molecule has 0 aromatic carbocycles. The predicted molar refractivity (Wildman–Crippen MR) is 201 cm³/mol. The molecule has 0 aliphatic rings. The Morgan fingerprint density at radius 1 is 0.481 bits per heavy atom. The molecule has 0 aliphatic heterocycles. The zero-order valence-electron chi connectivity index (χ0n) is 33.2. The van der Waals surface area contributed by atoms with E-state index in [-0.39, 0.29) is 19.3 Å². The average Bonchev–Trinajstić information content (AvgIpc) is 3.13. The Bertz CT molecular complexity index is 874. The Morgan fingerprint density at radius 3 is 1.13 bits per heavy atom. The summed E-state index contributed by atoms with van der Waals surface area (Å²) in [4.78, 5) is 51.7. The summed E-state index contributed by atoms with van der Waals surface area (Å²) in [5, 5.41) is 20.5. The summed E-state index contributed by atoms with van der Waals surface area (Å²) >= 11 is 0. The molecule has 13 heteroatoms. The minimum atomic E-state index is -5.12. The molecule has 0 bridgehead atoms. The fraction of sp³-hybridized carbons (Fsp3) is 0.923. The maximum Gasteiger partial charge on any atom is 0.584 e. The molecule has 0 heterocycles. The Balaban J connectivity index is 5.06. The lowest BCUT2D eigenvalue weighted by molar-refractivity contribution is -0.298. The normalized spacial score (nSPS) is 13.4. The highest BCUT2D eigenvalue weighted by molar-refractivity contribution is 7.48. The molecule has 0 amide bonds. The van der Waals surface area contributed by atoms with E-state index in [4.69, 9.17) is 9.56 Å². The number of unbranched alkanes of at least 4 members (excludes halogenated alkanes) is 23. The maximum absolute atomic E-state index is 13.3. The third kappa shape index (κ3) is 29.8. The van der Waals surface area contributed by atoms with Gasteiger partial charge < -0.3 is 10.2 Å². The molecule has 52 heavy (non-hydrogen) atoms. The molecule has 0 spiro atoms. The Hall–Kier alpha value is -1.56. The smallest absolute Gasteiger partial charge is 0.391 e. The van der Waals surface area contributed by atoms with Crippen LogP contribution in [-0.2, 0) is 47.6 Å². The van der Waals surface area contributed by atoms with E-state index in [0.717, 1.165) is 83.5 Å². The molecular weight excluding hydrogens is 691 g/mol. The number of carbonyl (C=O) groups is 3. The number of aliphatic hydroxyl groups excluding tert-OH is 2. The van der Waals surface area contributed by atoms with Gasteiger partial charge in [-0.05, 0) is 26.2 Å². The molecule has 12 nitrogen and oxygen atoms in total. The van der Waals surface area contributed by atoms with Gasteiger partial charge in [0.25, 0.3) is 0 Å². The Kier molecular flexibility index (Phi) is 34.1. The van der Waals surface area contributed by atoms with Crippen LogP contribution in [0.2, 0.25) is 0 Å². The van der Waals surface area contributed by atoms with Gasteiger partial charge in [0.2, 0.25) is 0 Å². The van der Waals surface area contributed by atoms with Gasteiger partial charge in [-0.1, -0.05) is 189 Å². The van der Waals surface area contributed by atoms with Crippen molar-refractivity contribution < 1.29 is 57.8 Å². The van der Waals surface area contributed by atoms with E-state index in [9.17, 15) is 29.2 Å². The SMILES string of the molecule is CCCCCCCCCCCC(=O)OOP(=O)(OOC(=O)CCCCCCCCCCC)OOC(=O)C(CCCCCCCCCC)C(O)C(C)O. The third-order valence-electron chi connectivity index (χ3n) is 9.20. The van der Waals surface area contributed by atoms with Gasteiger partial charge in [0, 0.05) is 12.8 Å². The van der Waals surface area contributed by atoms with Crippen molar-refractivity contribution in [3.63, 3.8) is 0 Å². The fourth-order valence-corrected chi connectivity index (χ4v) is 6.45. The topological polar surface area (TPSA) is 164 Å². The highest BCUT2D eigenvalue weighted by atomic mass is 31.2. The van der Waals surface area contributed by atoms with Crippen LogP contribution in [0.15, 0.2) is 0 Å². The quantitative estimate of drug-likeness (QED) is 0.0265. The van der Waals surface area contributed by atoms with Crippen molar-refractivity contribution in [2.45, 2.75) is 226 Å². The lowest BCUT2D eigenvalue weighted by atomic mass is 9.92. The first-order valence-corrected chi connectivity index (χ1v) is 22.2. The first kappa shape index (κ1) is 50.4. The van der Waals surface area contributed by atoms with E-state index in [1.165, 1.54) is 71.1 Å². The lowest BCUT2D eigenvalue weighted by Gasteiger charge is -2.23. The number of phosphoric acid groups is 1. The maximum atomic E-state index is 13.3. The van der Waals surface area contributed by atoms with Crippen LogP contribution in [0, 0.1) is 5.92 Å². The molecule has 0 saturated heterocycles. The summed E-state index contributed by atoms with van der Waals surface area (Å²) in [6.45, 7) is 7.85. The van der Waals surface area contributed by atoms with Crippen LogP contribution >= 0.6 is 7.82 Å². The highest BCUT2D eigenvalue weighted by Gasteiger charge is 2.40. The van der Waals surface area contributed by atoms with E-state index in [2.05, 4.69) is 39.9 Å². The van der Waals surface area contributed by atoms with Gasteiger partial charge in [0.1, 0.15) is 0 Å². The van der Waals surface area contributed by atoms with Gasteiger partial charge in [-0.3, -0.25) is 14.7 Å². The van der Waals surface area contributed by atoms with Crippen LogP contribution in [-0.4, -0.2) is 40.3 Å². The van der Waals surface area contributed by atoms with Crippen molar-refractivity contribution >= 4 is 25.7 Å². The van der Waals surface area contributed by atoms with Crippen molar-refractivity contribution in [3.8, 4) is 0 Å². The van der Waals surface area contributed by atoms with Crippen LogP contribution in [0.25, 0.3) is 0 Å². The van der Waals surface area contributed by atoms with Crippen LogP contribution in [0.3, 0.4) is 0 Å². The Morgan fingerprint density at radius 2 is 0.788 bits per heavy atom. The zero-order chi connectivity index (χ0) is 38.7. The number of hydrogen-bond acceptors (Lipinski definition) is 12. The zero-order valence-corrected chi connectivity index (χ0v) is 34.1. The van der Waals surface area contributed by atoms with E-state index in [0.29, 0.717) is 19.3 Å². The van der Waals surface area contributed by atoms with Crippen LogP contribution in [0.4, 0.5) is 0 Å². The van der Waals surface area contributed by atoms with Crippen LogP contribution in [0.1, 0.15) is 214 Å². The molecule has 0 fully saturated rings. The highest BCUT2D eigenvalue weighted by Crippen LogP contribution is 2.50. The van der Waals surface area contributed by atoms with Gasteiger partial charge in [-0.15, -0.1) is 0 Å². The van der Waals surface area contributed by atoms with Crippen molar-refractivity contribution in [1.29, 1.82) is 0 Å². The van der Waals surface area contributed by atoms with Crippen molar-refractivity contribution in [2.75, 3.05) is 0 Å². The van der Waals surface area contributed by atoms with E-state index >= 15 is 0 Å². The number of aliphatic hydroxyl groups is 2. The molecule has 0 rings (SSSR count). The number of carbonyl (C=O) groups excluding carboxylic acids is 3. The second-order valence-corrected chi connectivity index (χ2v) is 15.6. The second-order valence-electron chi connectivity index (χ2n) is 14.2. The van der Waals surface area contributed by atoms with Crippen molar-refractivity contribution in [3.05, 3.63) is 0 Å². The van der Waals surface area contributed by atoms with Crippen molar-refractivity contribution in [1.82, 2.24) is 0 Å². The largest absolute Gasteiger partial charge is 0.584 e. The summed E-state index contributed by atoms with van der Waals surface area (Å²) in [5.41, 5.74) is 0. The first-order valence-electron chi connectivity index (χ1n) is 20.7. The number of hydrogen-bond donors (Lipinski definition) is 2. The predicted octanol–water partition coefficient (Wildman–Crippen LogP) is 11.2. The van der Waals surface area contributed by atoms with Crippen LogP contribution in [0.5, 0.6) is 0 Å². The molecule has 2 N–H and O–H groups in total. The molecule has 3 unspecified atom stereocenters. The summed E-state index contributed by atoms with van der Waals surface area (Å²) in [6, 6.07) is 0. The molecule has 308 valence electrons. The van der Waals surface area contributed by atoms with E-state index in [1.807, 2.05) is 0 Å². The van der Waals surface area contributed by atoms with Gasteiger partial charge in [0.05, 0.1) is 18.1 Å². The molecule has 0 aliphatic carbocycles. The van der Waals surface area contributed by atoms with Gasteiger partial charge >= 0.3 is 25.7 Å². The van der Waals surface area contributed by atoms with Crippen molar-refractivity contribution in [2.24, 2.45) is 5.92 Å². The monoisotopic (exact) mass is 766 g/mol. The fourth-order valence-electron chi connectivity index (χ4n) is 5.86. The molecule has 0 saturated carbocycles. The summed E-state index contributed by atoms with van der Waals surface area (Å²) < 4.78 is 27.3. The minimum Gasteiger partial charge on any atom is -0.391 e. The second kappa shape index (κ2) is 35.2. The van der Waals surface area contributed by atoms with Gasteiger partial charge in [0.15, 0.2) is 0 Å². The van der Waals surface area contributed by atoms with Crippen LogP contribution < -0.4 is 0 Å². The van der Waals surface area contributed by atoms with E-state index in [1.54, 1.807) is 0 Å². The standard InChI is InChI=1S/C39H75O12P/c1-5-8-11-14-17-20-23-26-29-32-36(41)46-49-52(45,50-47-37(42)33-30-27-24-21-18-15-12-9-6-2)51-48-39(44)35(38(43)34(4)40)31-28-25-22-19-16-13-10-7-3/h34-35,38,40,43H,5-33H2,1-4H3. The van der Waals surface area contributed by atoms with Gasteiger partial charge in [-0.2, -0.15) is 0 Å². The summed E-state index contributed by atoms with van der Waals surface area (Å²) in [7, 11) is -5.12. The summed E-state index contributed by atoms with van der Waals surface area (Å²) in [5.74, 6) is -4.10. The lowest BCUT2D eigenvalue weighted by Crippen LogP contribution is -2.37. The molecule has 0 aromatic heterocycles. The molecule has 3 atom stereocenters. The summed E-state index contributed by atoms with van der Waals surface area (Å²) in [6.07, 6.45) is 24.1.